The van der Waals surface area contributed by atoms with Gasteiger partial charge in [0.2, 0.25) is 0 Å². The Kier molecular flexibility index (Phi) is 3.48. The van der Waals surface area contributed by atoms with Crippen LogP contribution in [0, 0.1) is 10.1 Å². The van der Waals surface area contributed by atoms with E-state index in [-0.39, 0.29) is 17.4 Å². The van der Waals surface area contributed by atoms with Crippen LogP contribution in [0.5, 0.6) is 0 Å². The summed E-state index contributed by atoms with van der Waals surface area (Å²) in [7, 11) is 0. The van der Waals surface area contributed by atoms with Crippen molar-refractivity contribution < 1.29 is 4.92 Å². The zero-order valence-corrected chi connectivity index (χ0v) is 12.0. The Bertz CT molecular complexity index is 847. The van der Waals surface area contributed by atoms with Gasteiger partial charge in [0.15, 0.2) is 5.02 Å². The van der Waals surface area contributed by atoms with Gasteiger partial charge in [-0.15, -0.1) is 0 Å². The molecule has 0 bridgehead atoms. The monoisotopic (exact) mass is 322 g/mol. The second-order valence-electron chi connectivity index (χ2n) is 4.39. The van der Waals surface area contributed by atoms with Crippen LogP contribution >= 0.6 is 23.2 Å². The molecule has 21 heavy (non-hydrogen) atoms. The molecule has 3 aromatic rings. The lowest BCUT2D eigenvalue weighted by atomic mass is 10.1. The first-order chi connectivity index (χ1) is 10.0. The van der Waals surface area contributed by atoms with Crippen LogP contribution in [0.4, 0.5) is 5.82 Å². The minimum Gasteiger partial charge on any atom is -0.358 e. The molecule has 0 aliphatic heterocycles. The Morgan fingerprint density at radius 3 is 2.76 bits per heavy atom. The van der Waals surface area contributed by atoms with E-state index in [0.29, 0.717) is 10.7 Å². The molecule has 0 amide bonds. The van der Waals surface area contributed by atoms with Gasteiger partial charge in [-0.3, -0.25) is 0 Å². The van der Waals surface area contributed by atoms with Crippen LogP contribution < -0.4 is 0 Å². The topological polar surface area (TPSA) is 73.8 Å². The molecule has 2 heterocycles. The fourth-order valence-corrected chi connectivity index (χ4v) is 2.44. The average molecular weight is 323 g/mol. The maximum Gasteiger partial charge on any atom is 0.408 e. The number of halogens is 2. The molecule has 106 valence electrons. The quantitative estimate of drug-likeness (QED) is 0.418. The molecule has 2 aromatic heterocycles. The molecule has 0 spiro atoms. The van der Waals surface area contributed by atoms with Crippen LogP contribution in [0.3, 0.4) is 0 Å². The average Bonchev–Trinajstić information content (AvgIpc) is 2.81. The molecule has 0 radical (unpaired) electrons. The van der Waals surface area contributed by atoms with Crippen molar-refractivity contribution in [2.75, 3.05) is 0 Å². The Hall–Kier alpha value is -2.18. The summed E-state index contributed by atoms with van der Waals surface area (Å²) >= 11 is 11.9. The van der Waals surface area contributed by atoms with Gasteiger partial charge in [-0.05, 0) is 17.1 Å². The highest BCUT2D eigenvalue weighted by Gasteiger charge is 2.19. The lowest BCUT2D eigenvalue weighted by Crippen LogP contribution is -2.03. The number of pyridine rings is 1. The van der Waals surface area contributed by atoms with Crippen molar-refractivity contribution in [3.63, 3.8) is 0 Å². The highest BCUT2D eigenvalue weighted by Crippen LogP contribution is 2.24. The molecule has 0 unspecified atom stereocenters. The fraction of sp³-hybridized carbons (Fsp3) is 0.0769. The van der Waals surface area contributed by atoms with Crippen molar-refractivity contribution in [1.29, 1.82) is 0 Å². The summed E-state index contributed by atoms with van der Waals surface area (Å²) in [4.78, 5) is 14.4. The predicted molar refractivity (Wildman–Crippen MR) is 79.7 cm³/mol. The summed E-state index contributed by atoms with van der Waals surface area (Å²) < 4.78 is 1.37. The number of rotatable bonds is 3. The molecule has 0 saturated heterocycles. The summed E-state index contributed by atoms with van der Waals surface area (Å²) in [6.07, 6.45) is 1.39. The Labute approximate surface area is 129 Å². The summed E-state index contributed by atoms with van der Waals surface area (Å²) in [5.41, 5.74) is 1.50. The van der Waals surface area contributed by atoms with Gasteiger partial charge in [-0.1, -0.05) is 41.4 Å². The molecule has 3 rings (SSSR count). The van der Waals surface area contributed by atoms with Crippen LogP contribution in [0.1, 0.15) is 5.56 Å². The minimum absolute atomic E-state index is 0.00938. The molecule has 0 atom stereocenters. The summed E-state index contributed by atoms with van der Waals surface area (Å²) in [5, 5.41) is 15.8. The van der Waals surface area contributed by atoms with E-state index in [9.17, 15) is 10.1 Å². The SMILES string of the molecule is O=[N+]([O-])c1nn(Cc2cc3ccccc3nc2Cl)cc1Cl. The van der Waals surface area contributed by atoms with Crippen molar-refractivity contribution in [2.45, 2.75) is 6.54 Å². The van der Waals surface area contributed by atoms with Gasteiger partial charge in [0.1, 0.15) is 5.15 Å². The number of benzene rings is 1. The first kappa shape index (κ1) is 13.8. The third-order valence-electron chi connectivity index (χ3n) is 2.95. The van der Waals surface area contributed by atoms with E-state index in [4.69, 9.17) is 23.2 Å². The van der Waals surface area contributed by atoms with E-state index in [2.05, 4.69) is 10.1 Å². The molecule has 8 heteroatoms. The van der Waals surface area contributed by atoms with Gasteiger partial charge in [0.25, 0.3) is 0 Å². The van der Waals surface area contributed by atoms with Crippen molar-refractivity contribution in [3.05, 3.63) is 62.4 Å². The molecule has 0 N–H and O–H groups in total. The molecule has 0 saturated carbocycles. The normalized spacial score (nSPS) is 11.0. The van der Waals surface area contributed by atoms with Crippen LogP contribution in [-0.2, 0) is 6.54 Å². The highest BCUT2D eigenvalue weighted by molar-refractivity contribution is 6.32. The number of hydrogen-bond acceptors (Lipinski definition) is 4. The fourth-order valence-electron chi connectivity index (χ4n) is 2.01. The maximum atomic E-state index is 10.7. The second-order valence-corrected chi connectivity index (χ2v) is 5.15. The predicted octanol–water partition coefficient (Wildman–Crippen LogP) is 3.69. The number of nitro groups is 1. The Morgan fingerprint density at radius 1 is 1.29 bits per heavy atom. The van der Waals surface area contributed by atoms with E-state index in [1.165, 1.54) is 10.9 Å². The smallest absolute Gasteiger partial charge is 0.358 e. The van der Waals surface area contributed by atoms with Crippen molar-refractivity contribution in [2.24, 2.45) is 0 Å². The van der Waals surface area contributed by atoms with Crippen LogP contribution in [0.25, 0.3) is 10.9 Å². The highest BCUT2D eigenvalue weighted by atomic mass is 35.5. The third-order valence-corrected chi connectivity index (χ3v) is 3.55. The third kappa shape index (κ3) is 2.68. The number of hydrogen-bond donors (Lipinski definition) is 0. The van der Waals surface area contributed by atoms with Gasteiger partial charge in [-0.25, -0.2) is 4.98 Å². The molecular formula is C13H8Cl2N4O2. The van der Waals surface area contributed by atoms with Crippen molar-refractivity contribution in [1.82, 2.24) is 14.8 Å². The van der Waals surface area contributed by atoms with E-state index in [0.717, 1.165) is 10.9 Å². The van der Waals surface area contributed by atoms with Crippen LogP contribution in [0.2, 0.25) is 10.2 Å². The van der Waals surface area contributed by atoms with Gasteiger partial charge in [-0.2, -0.15) is 4.68 Å². The van der Waals surface area contributed by atoms with E-state index >= 15 is 0 Å². The van der Waals surface area contributed by atoms with Crippen LogP contribution in [-0.4, -0.2) is 19.7 Å². The molecule has 0 fully saturated rings. The standard InChI is InChI=1S/C13H8Cl2N4O2/c14-10-7-18(17-13(10)19(20)21)6-9-5-8-3-1-2-4-11(8)16-12(9)15/h1-5,7H,6H2. The van der Waals surface area contributed by atoms with Crippen molar-refractivity contribution >= 4 is 39.9 Å². The maximum absolute atomic E-state index is 10.7. The molecule has 0 aliphatic carbocycles. The summed E-state index contributed by atoms with van der Waals surface area (Å²) in [6.45, 7) is 0.254. The summed E-state index contributed by atoms with van der Waals surface area (Å²) in [5.74, 6) is -0.374. The largest absolute Gasteiger partial charge is 0.408 e. The number of nitrogens with zero attached hydrogens (tertiary/aromatic N) is 4. The number of para-hydroxylation sites is 1. The number of aromatic nitrogens is 3. The lowest BCUT2D eigenvalue weighted by molar-refractivity contribution is -0.389. The Balaban J connectivity index is 1.99. The Morgan fingerprint density at radius 2 is 2.05 bits per heavy atom. The zero-order chi connectivity index (χ0) is 15.0. The molecule has 1 aromatic carbocycles. The molecule has 0 aliphatic rings. The number of fused-ring (bicyclic) bond motifs is 1. The molecular weight excluding hydrogens is 315 g/mol. The van der Waals surface area contributed by atoms with Gasteiger partial charge < -0.3 is 10.1 Å². The van der Waals surface area contributed by atoms with E-state index in [1.807, 2.05) is 30.3 Å². The molecule has 6 nitrogen and oxygen atoms in total. The first-order valence-corrected chi connectivity index (χ1v) is 6.71. The first-order valence-electron chi connectivity index (χ1n) is 5.96. The zero-order valence-electron chi connectivity index (χ0n) is 10.5. The van der Waals surface area contributed by atoms with Gasteiger partial charge in [0, 0.05) is 10.9 Å². The van der Waals surface area contributed by atoms with Gasteiger partial charge in [0.05, 0.1) is 23.4 Å². The van der Waals surface area contributed by atoms with E-state index in [1.54, 1.807) is 0 Å². The van der Waals surface area contributed by atoms with Crippen molar-refractivity contribution in [3.8, 4) is 0 Å². The lowest BCUT2D eigenvalue weighted by Gasteiger charge is -2.04. The van der Waals surface area contributed by atoms with Gasteiger partial charge >= 0.3 is 5.82 Å². The summed E-state index contributed by atoms with van der Waals surface area (Å²) in [6, 6.07) is 9.44. The minimum atomic E-state index is -0.626. The van der Waals surface area contributed by atoms with Crippen LogP contribution in [0.15, 0.2) is 36.5 Å². The second kappa shape index (κ2) is 5.31. The van der Waals surface area contributed by atoms with E-state index < -0.39 is 4.92 Å².